The highest BCUT2D eigenvalue weighted by Gasteiger charge is 2.37. The second-order valence-corrected chi connectivity index (χ2v) is 2.81. The van der Waals surface area contributed by atoms with E-state index in [9.17, 15) is 10.2 Å². The van der Waals surface area contributed by atoms with Crippen molar-refractivity contribution < 1.29 is 20.1 Å². The molecule has 3 N–H and O–H groups in total. The lowest BCUT2D eigenvalue weighted by molar-refractivity contribution is -0.155. The summed E-state index contributed by atoms with van der Waals surface area (Å²) in [6, 6.07) is -0.789. The Balaban J connectivity index is 2.63. The highest BCUT2D eigenvalue weighted by Crippen LogP contribution is 2.17. The molecule has 0 spiro atoms. The third-order valence-electron chi connectivity index (χ3n) is 1.99. The van der Waals surface area contributed by atoms with Gasteiger partial charge < -0.3 is 20.1 Å². The fraction of sp³-hybridized carbons (Fsp3) is 1.00. The van der Waals surface area contributed by atoms with E-state index in [4.69, 9.17) is 15.4 Å². The van der Waals surface area contributed by atoms with E-state index in [0.717, 1.165) is 0 Å². The summed E-state index contributed by atoms with van der Waals surface area (Å²) in [5, 5.41) is 30.6. The van der Waals surface area contributed by atoms with Crippen LogP contribution < -0.4 is 0 Å². The van der Waals surface area contributed by atoms with Crippen LogP contribution in [-0.2, 0) is 4.74 Å². The second kappa shape index (κ2) is 4.40. The van der Waals surface area contributed by atoms with Crippen LogP contribution in [0.2, 0.25) is 0 Å². The highest BCUT2D eigenvalue weighted by atomic mass is 16.5. The summed E-state index contributed by atoms with van der Waals surface area (Å²) in [4.78, 5) is 2.51. The molecule has 74 valence electrons. The molecule has 13 heavy (non-hydrogen) atoms. The monoisotopic (exact) mass is 189 g/mol. The largest absolute Gasteiger partial charge is 0.394 e. The maximum absolute atomic E-state index is 9.36. The van der Waals surface area contributed by atoms with Crippen LogP contribution in [0.15, 0.2) is 5.11 Å². The molecule has 1 aliphatic rings. The molecule has 0 aromatic heterocycles. The average Bonchev–Trinajstić information content (AvgIpc) is 2.14. The lowest BCUT2D eigenvalue weighted by Crippen LogP contribution is -2.53. The Morgan fingerprint density at radius 1 is 1.46 bits per heavy atom. The third kappa shape index (κ3) is 2.09. The summed E-state index contributed by atoms with van der Waals surface area (Å²) in [5.41, 5.74) is 8.11. The summed E-state index contributed by atoms with van der Waals surface area (Å²) >= 11 is 0. The first kappa shape index (κ1) is 10.2. The van der Waals surface area contributed by atoms with E-state index in [-0.39, 0.29) is 13.2 Å². The van der Waals surface area contributed by atoms with Crippen LogP contribution in [0.5, 0.6) is 0 Å². The molecule has 1 saturated heterocycles. The molecular weight excluding hydrogens is 178 g/mol. The van der Waals surface area contributed by atoms with Gasteiger partial charge in [-0.25, -0.2) is 0 Å². The van der Waals surface area contributed by atoms with E-state index in [1.54, 1.807) is 0 Å². The highest BCUT2D eigenvalue weighted by molar-refractivity contribution is 4.90. The van der Waals surface area contributed by atoms with Gasteiger partial charge in [0.15, 0.2) is 0 Å². The van der Waals surface area contributed by atoms with Crippen molar-refractivity contribution in [3.8, 4) is 0 Å². The van der Waals surface area contributed by atoms with E-state index in [1.807, 2.05) is 0 Å². The molecule has 1 rings (SSSR count). The van der Waals surface area contributed by atoms with Gasteiger partial charge >= 0.3 is 0 Å². The Bertz CT molecular complexity index is 218. The van der Waals surface area contributed by atoms with Gasteiger partial charge in [0.2, 0.25) is 0 Å². The van der Waals surface area contributed by atoms with E-state index < -0.39 is 24.4 Å². The van der Waals surface area contributed by atoms with Gasteiger partial charge in [0.25, 0.3) is 0 Å². The molecule has 1 aliphatic heterocycles. The first-order valence-corrected chi connectivity index (χ1v) is 3.83. The number of azide groups is 1. The fourth-order valence-corrected chi connectivity index (χ4v) is 1.20. The Labute approximate surface area is 74.2 Å². The molecule has 0 bridgehead atoms. The van der Waals surface area contributed by atoms with Gasteiger partial charge in [-0.3, -0.25) is 0 Å². The van der Waals surface area contributed by atoms with Gasteiger partial charge in [-0.05, 0) is 5.53 Å². The predicted molar refractivity (Wildman–Crippen MR) is 41.8 cm³/mol. The first-order valence-electron chi connectivity index (χ1n) is 3.83. The summed E-state index contributed by atoms with van der Waals surface area (Å²) in [5.74, 6) is 0. The fourth-order valence-electron chi connectivity index (χ4n) is 1.20. The molecule has 7 heteroatoms. The van der Waals surface area contributed by atoms with Gasteiger partial charge in [-0.15, -0.1) is 0 Å². The maximum Gasteiger partial charge on any atom is 0.109 e. The van der Waals surface area contributed by atoms with Gasteiger partial charge in [0.1, 0.15) is 12.2 Å². The molecule has 0 unspecified atom stereocenters. The normalized spacial score (nSPS) is 39.6. The van der Waals surface area contributed by atoms with Crippen LogP contribution in [0.3, 0.4) is 0 Å². The van der Waals surface area contributed by atoms with Gasteiger partial charge in [-0.2, -0.15) is 0 Å². The van der Waals surface area contributed by atoms with Gasteiger partial charge in [0, 0.05) is 4.91 Å². The van der Waals surface area contributed by atoms with Gasteiger partial charge in [0.05, 0.1) is 25.4 Å². The predicted octanol–water partition coefficient (Wildman–Crippen LogP) is -1.22. The zero-order valence-corrected chi connectivity index (χ0v) is 6.82. The van der Waals surface area contributed by atoms with Crippen LogP contribution in [-0.4, -0.2) is 52.9 Å². The van der Waals surface area contributed by atoms with Crippen LogP contribution in [0, 0.1) is 0 Å². The first-order chi connectivity index (χ1) is 6.20. The number of nitrogens with zero attached hydrogens (tertiary/aromatic N) is 3. The molecule has 7 nitrogen and oxygen atoms in total. The smallest absolute Gasteiger partial charge is 0.109 e. The summed E-state index contributed by atoms with van der Waals surface area (Å²) in [6.07, 6.45) is -3.20. The van der Waals surface area contributed by atoms with Crippen molar-refractivity contribution in [3.05, 3.63) is 10.4 Å². The summed E-state index contributed by atoms with van der Waals surface area (Å²) in [6.45, 7) is -0.366. The zero-order chi connectivity index (χ0) is 9.84. The molecule has 0 aromatic carbocycles. The maximum atomic E-state index is 9.36. The van der Waals surface area contributed by atoms with Crippen LogP contribution in [0.4, 0.5) is 0 Å². The Morgan fingerprint density at radius 2 is 2.15 bits per heavy atom. The van der Waals surface area contributed by atoms with Crippen molar-refractivity contribution >= 4 is 0 Å². The van der Waals surface area contributed by atoms with E-state index in [2.05, 4.69) is 10.0 Å². The summed E-state index contributed by atoms with van der Waals surface area (Å²) in [7, 11) is 0. The number of rotatable bonds is 2. The average molecular weight is 189 g/mol. The van der Waals surface area contributed by atoms with Crippen LogP contribution >= 0.6 is 0 Å². The number of aliphatic hydroxyl groups is 3. The summed E-state index contributed by atoms with van der Waals surface area (Å²) < 4.78 is 4.95. The minimum Gasteiger partial charge on any atom is -0.394 e. The quantitative estimate of drug-likeness (QED) is 0.286. The van der Waals surface area contributed by atoms with Crippen LogP contribution in [0.1, 0.15) is 0 Å². The molecule has 0 aliphatic carbocycles. The topological polar surface area (TPSA) is 119 Å². The molecule has 0 radical (unpaired) electrons. The van der Waals surface area contributed by atoms with E-state index >= 15 is 0 Å². The minimum absolute atomic E-state index is 0.00745. The van der Waals surface area contributed by atoms with E-state index in [1.165, 1.54) is 0 Å². The van der Waals surface area contributed by atoms with Gasteiger partial charge in [-0.1, -0.05) is 5.11 Å². The molecule has 0 saturated carbocycles. The number of ether oxygens (including phenoxy) is 1. The Hall–Kier alpha value is -0.850. The molecule has 1 fully saturated rings. The zero-order valence-electron chi connectivity index (χ0n) is 6.82. The minimum atomic E-state index is -1.21. The van der Waals surface area contributed by atoms with Crippen LogP contribution in [0.25, 0.3) is 10.4 Å². The standard InChI is InChI=1S/C6H11N3O4/c7-9-8-3-2-13-4(1-10)6(12)5(3)11/h3-6,10-12H,1-2H2/t3-,4-,5+,6-/m1/s1. The molecular formula is C6H11N3O4. The Morgan fingerprint density at radius 3 is 2.69 bits per heavy atom. The second-order valence-electron chi connectivity index (χ2n) is 2.81. The van der Waals surface area contributed by atoms with Crippen molar-refractivity contribution in [1.29, 1.82) is 0 Å². The van der Waals surface area contributed by atoms with E-state index in [0.29, 0.717) is 0 Å². The molecule has 0 amide bonds. The lowest BCUT2D eigenvalue weighted by atomic mass is 9.99. The lowest BCUT2D eigenvalue weighted by Gasteiger charge is -2.34. The molecule has 4 atom stereocenters. The van der Waals surface area contributed by atoms with Crippen molar-refractivity contribution in [2.75, 3.05) is 13.2 Å². The third-order valence-corrected chi connectivity index (χ3v) is 1.99. The number of hydrogen-bond acceptors (Lipinski definition) is 5. The van der Waals surface area contributed by atoms with Crippen molar-refractivity contribution in [2.24, 2.45) is 5.11 Å². The van der Waals surface area contributed by atoms with Crippen molar-refractivity contribution in [3.63, 3.8) is 0 Å². The number of hydrogen-bond donors (Lipinski definition) is 3. The SMILES string of the molecule is [N-]=[N+]=N[C@@H]1CO[C@H](CO)[C@@H](O)[C@H]1O. The molecule has 0 aromatic rings. The van der Waals surface area contributed by atoms with Crippen molar-refractivity contribution in [1.82, 2.24) is 0 Å². The van der Waals surface area contributed by atoms with Crippen molar-refractivity contribution in [2.45, 2.75) is 24.4 Å². The Kier molecular flexibility index (Phi) is 3.47. The molecule has 1 heterocycles. The number of aliphatic hydroxyl groups excluding tert-OH is 3.